The summed E-state index contributed by atoms with van der Waals surface area (Å²) in [5.74, 6) is 6.54. The Morgan fingerprint density at radius 3 is 2.72 bits per heavy atom. The second-order valence-electron chi connectivity index (χ2n) is 4.82. The quantitative estimate of drug-likeness (QED) is 0.810. The Morgan fingerprint density at radius 2 is 2.06 bits per heavy atom. The van der Waals surface area contributed by atoms with E-state index < -0.39 is 0 Å². The van der Waals surface area contributed by atoms with Crippen LogP contribution in [0, 0.1) is 18.8 Å². The van der Waals surface area contributed by atoms with E-state index in [0.717, 1.165) is 16.9 Å². The molecule has 0 aromatic heterocycles. The van der Waals surface area contributed by atoms with E-state index in [4.69, 9.17) is 9.84 Å². The lowest BCUT2D eigenvalue weighted by molar-refractivity contribution is 0.154. The summed E-state index contributed by atoms with van der Waals surface area (Å²) < 4.78 is 6.05. The van der Waals surface area contributed by atoms with Crippen LogP contribution in [-0.2, 0) is 0 Å². The summed E-state index contributed by atoms with van der Waals surface area (Å²) in [5, 5.41) is 8.67. The molecule has 2 rings (SSSR count). The topological polar surface area (TPSA) is 29.5 Å². The molecule has 1 aromatic carbocycles. The Morgan fingerprint density at radius 1 is 1.28 bits per heavy atom. The number of aryl methyl sites for hydroxylation is 1. The van der Waals surface area contributed by atoms with E-state index in [1.807, 2.05) is 25.1 Å². The van der Waals surface area contributed by atoms with Crippen molar-refractivity contribution in [1.82, 2.24) is 0 Å². The van der Waals surface area contributed by atoms with Crippen LogP contribution in [0.15, 0.2) is 18.2 Å². The van der Waals surface area contributed by atoms with E-state index in [2.05, 4.69) is 11.8 Å². The fourth-order valence-corrected chi connectivity index (χ4v) is 2.36. The lowest BCUT2D eigenvalue weighted by Gasteiger charge is -2.23. The Labute approximate surface area is 109 Å². The number of aliphatic hydroxyl groups excluding tert-OH is 1. The van der Waals surface area contributed by atoms with E-state index in [0.29, 0.717) is 6.10 Å². The second kappa shape index (κ2) is 6.47. The van der Waals surface area contributed by atoms with Crippen LogP contribution in [0.1, 0.15) is 43.2 Å². The molecular weight excluding hydrogens is 224 g/mol. The van der Waals surface area contributed by atoms with Gasteiger partial charge in [-0.05, 0) is 56.4 Å². The van der Waals surface area contributed by atoms with E-state index >= 15 is 0 Å². The third-order valence-electron chi connectivity index (χ3n) is 3.33. The zero-order valence-corrected chi connectivity index (χ0v) is 10.9. The molecule has 0 heterocycles. The zero-order chi connectivity index (χ0) is 12.8. The van der Waals surface area contributed by atoms with Crippen LogP contribution in [0.2, 0.25) is 0 Å². The summed E-state index contributed by atoms with van der Waals surface area (Å²) >= 11 is 0. The molecule has 2 nitrogen and oxygen atoms in total. The largest absolute Gasteiger partial charge is 0.490 e. The van der Waals surface area contributed by atoms with Crippen LogP contribution in [0.25, 0.3) is 0 Å². The molecule has 1 aromatic rings. The summed E-state index contributed by atoms with van der Waals surface area (Å²) in [6, 6.07) is 5.96. The number of ether oxygens (including phenoxy) is 1. The standard InChI is InChI=1S/C16H20O2/c1-13-12-14(6-5-11-17)9-10-16(13)18-15-7-3-2-4-8-15/h9-10,12,15,17H,2-4,7-8,11H2,1H3. The second-order valence-corrected chi connectivity index (χ2v) is 4.82. The first-order valence-electron chi connectivity index (χ1n) is 6.66. The predicted octanol–water partition coefficient (Wildman–Crippen LogP) is 3.05. The van der Waals surface area contributed by atoms with Gasteiger partial charge in [0.25, 0.3) is 0 Å². The first kappa shape index (κ1) is 13.0. The highest BCUT2D eigenvalue weighted by atomic mass is 16.5. The molecule has 0 spiro atoms. The van der Waals surface area contributed by atoms with Crippen molar-refractivity contribution in [3.63, 3.8) is 0 Å². The highest BCUT2D eigenvalue weighted by Crippen LogP contribution is 2.26. The fourth-order valence-electron chi connectivity index (χ4n) is 2.36. The Balaban J connectivity index is 2.04. The van der Waals surface area contributed by atoms with E-state index in [1.165, 1.54) is 32.1 Å². The summed E-state index contributed by atoms with van der Waals surface area (Å²) in [4.78, 5) is 0. The van der Waals surface area contributed by atoms with Gasteiger partial charge in [-0.25, -0.2) is 0 Å². The average molecular weight is 244 g/mol. The number of benzene rings is 1. The summed E-state index contributed by atoms with van der Waals surface area (Å²) in [5.41, 5.74) is 2.04. The minimum atomic E-state index is -0.0978. The van der Waals surface area contributed by atoms with Crippen molar-refractivity contribution in [1.29, 1.82) is 0 Å². The van der Waals surface area contributed by atoms with E-state index in [1.54, 1.807) is 0 Å². The average Bonchev–Trinajstić information content (AvgIpc) is 2.40. The number of hydrogen-bond donors (Lipinski definition) is 1. The molecule has 1 fully saturated rings. The van der Waals surface area contributed by atoms with Gasteiger partial charge in [0.1, 0.15) is 12.4 Å². The minimum absolute atomic E-state index is 0.0978. The molecule has 1 saturated carbocycles. The highest BCUT2D eigenvalue weighted by Gasteiger charge is 2.15. The molecule has 0 amide bonds. The van der Waals surface area contributed by atoms with Crippen LogP contribution in [-0.4, -0.2) is 17.8 Å². The van der Waals surface area contributed by atoms with Crippen molar-refractivity contribution in [2.75, 3.05) is 6.61 Å². The molecule has 0 aliphatic heterocycles. The van der Waals surface area contributed by atoms with Gasteiger partial charge < -0.3 is 9.84 Å². The number of hydrogen-bond acceptors (Lipinski definition) is 2. The number of aliphatic hydroxyl groups is 1. The van der Waals surface area contributed by atoms with Crippen LogP contribution in [0.4, 0.5) is 0 Å². The molecule has 2 heteroatoms. The van der Waals surface area contributed by atoms with Gasteiger partial charge in [0.15, 0.2) is 0 Å². The molecule has 1 aliphatic carbocycles. The third-order valence-corrected chi connectivity index (χ3v) is 3.33. The van der Waals surface area contributed by atoms with Crippen molar-refractivity contribution in [3.05, 3.63) is 29.3 Å². The molecule has 0 atom stereocenters. The van der Waals surface area contributed by atoms with Gasteiger partial charge in [0.2, 0.25) is 0 Å². The summed E-state index contributed by atoms with van der Waals surface area (Å²) in [7, 11) is 0. The Hall–Kier alpha value is -1.46. The van der Waals surface area contributed by atoms with Crippen molar-refractivity contribution in [3.8, 4) is 17.6 Å². The van der Waals surface area contributed by atoms with Crippen LogP contribution in [0.5, 0.6) is 5.75 Å². The molecule has 96 valence electrons. The summed E-state index contributed by atoms with van der Waals surface area (Å²) in [6.45, 7) is 1.95. The van der Waals surface area contributed by atoms with E-state index in [9.17, 15) is 0 Å². The molecule has 1 aliphatic rings. The van der Waals surface area contributed by atoms with Crippen LogP contribution in [0.3, 0.4) is 0 Å². The molecule has 0 saturated heterocycles. The van der Waals surface area contributed by atoms with Crippen molar-refractivity contribution >= 4 is 0 Å². The summed E-state index contributed by atoms with van der Waals surface area (Å²) in [6.07, 6.45) is 6.63. The Bertz CT molecular complexity index is 448. The maximum atomic E-state index is 8.67. The molecule has 0 bridgehead atoms. The Kier molecular flexibility index (Phi) is 4.66. The maximum Gasteiger partial charge on any atom is 0.122 e. The van der Waals surface area contributed by atoms with Gasteiger partial charge >= 0.3 is 0 Å². The van der Waals surface area contributed by atoms with Gasteiger partial charge in [-0.1, -0.05) is 18.3 Å². The van der Waals surface area contributed by atoms with Gasteiger partial charge in [-0.3, -0.25) is 0 Å². The molecule has 0 unspecified atom stereocenters. The molecule has 18 heavy (non-hydrogen) atoms. The van der Waals surface area contributed by atoms with Gasteiger partial charge in [-0.2, -0.15) is 0 Å². The van der Waals surface area contributed by atoms with Gasteiger partial charge in [0, 0.05) is 5.56 Å². The fraction of sp³-hybridized carbons (Fsp3) is 0.500. The maximum absolute atomic E-state index is 8.67. The minimum Gasteiger partial charge on any atom is -0.490 e. The van der Waals surface area contributed by atoms with Crippen molar-refractivity contribution in [2.45, 2.75) is 45.1 Å². The van der Waals surface area contributed by atoms with Crippen molar-refractivity contribution < 1.29 is 9.84 Å². The SMILES string of the molecule is Cc1cc(C#CCO)ccc1OC1CCCCC1. The first-order chi connectivity index (χ1) is 8.79. The molecular formula is C16H20O2. The highest BCUT2D eigenvalue weighted by molar-refractivity contribution is 5.43. The monoisotopic (exact) mass is 244 g/mol. The predicted molar refractivity (Wildman–Crippen MR) is 72.6 cm³/mol. The first-order valence-corrected chi connectivity index (χ1v) is 6.66. The van der Waals surface area contributed by atoms with Gasteiger partial charge in [0.05, 0.1) is 6.10 Å². The number of rotatable bonds is 2. The van der Waals surface area contributed by atoms with E-state index in [-0.39, 0.29) is 6.61 Å². The normalized spacial score (nSPS) is 15.9. The zero-order valence-electron chi connectivity index (χ0n) is 10.9. The lowest BCUT2D eigenvalue weighted by atomic mass is 9.97. The van der Waals surface area contributed by atoms with Crippen molar-refractivity contribution in [2.24, 2.45) is 0 Å². The van der Waals surface area contributed by atoms with Crippen LogP contribution < -0.4 is 4.74 Å². The molecule has 0 radical (unpaired) electrons. The lowest BCUT2D eigenvalue weighted by Crippen LogP contribution is -2.20. The van der Waals surface area contributed by atoms with Crippen LogP contribution >= 0.6 is 0 Å². The molecule has 1 N–H and O–H groups in total. The van der Waals surface area contributed by atoms with Gasteiger partial charge in [-0.15, -0.1) is 0 Å². The third kappa shape index (κ3) is 3.51. The smallest absolute Gasteiger partial charge is 0.122 e.